The third kappa shape index (κ3) is 3.97. The first-order valence-electron chi connectivity index (χ1n) is 8.97. The summed E-state index contributed by atoms with van der Waals surface area (Å²) >= 11 is 1.33. The number of nitriles is 1. The zero-order chi connectivity index (χ0) is 18.6. The molecule has 0 amide bonds. The highest BCUT2D eigenvalue weighted by atomic mass is 32.1. The molecule has 0 spiro atoms. The normalized spacial score (nSPS) is 17.0. The van der Waals surface area contributed by atoms with Crippen molar-refractivity contribution in [2.45, 2.75) is 32.4 Å². The van der Waals surface area contributed by atoms with E-state index in [9.17, 15) is 0 Å². The van der Waals surface area contributed by atoms with E-state index < -0.39 is 0 Å². The van der Waals surface area contributed by atoms with Crippen molar-refractivity contribution in [3.8, 4) is 6.07 Å². The first-order chi connectivity index (χ1) is 13.2. The molecule has 136 valence electrons. The quantitative estimate of drug-likeness (QED) is 0.719. The molecule has 1 fully saturated rings. The van der Waals surface area contributed by atoms with Gasteiger partial charge in [-0.2, -0.15) is 5.26 Å². The summed E-state index contributed by atoms with van der Waals surface area (Å²) in [5.41, 5.74) is 3.41. The van der Waals surface area contributed by atoms with Gasteiger partial charge in [-0.3, -0.25) is 9.88 Å². The minimum Gasteiger partial charge on any atom is -0.316 e. The van der Waals surface area contributed by atoms with Crippen LogP contribution in [-0.2, 0) is 6.54 Å². The fourth-order valence-electron chi connectivity index (χ4n) is 3.43. The SMILES string of the molecule is Cc1cccnc1CN1CCC[C@H]1c1cccc(Nc2ncc(C#N)s2)n1. The molecule has 0 saturated carbocycles. The molecule has 3 aromatic rings. The zero-order valence-corrected chi connectivity index (χ0v) is 15.9. The fraction of sp³-hybridized carbons (Fsp3) is 0.300. The molecule has 7 heteroatoms. The lowest BCUT2D eigenvalue weighted by molar-refractivity contribution is 0.241. The lowest BCUT2D eigenvalue weighted by Crippen LogP contribution is -2.24. The van der Waals surface area contributed by atoms with Crippen LogP contribution < -0.4 is 5.32 Å². The third-order valence-electron chi connectivity index (χ3n) is 4.80. The molecule has 1 saturated heterocycles. The number of thiazole rings is 1. The Morgan fingerprint density at radius 3 is 3.04 bits per heavy atom. The summed E-state index contributed by atoms with van der Waals surface area (Å²) in [6.07, 6.45) is 5.69. The van der Waals surface area contributed by atoms with Crippen molar-refractivity contribution < 1.29 is 0 Å². The van der Waals surface area contributed by atoms with Crippen molar-refractivity contribution in [1.82, 2.24) is 19.9 Å². The molecule has 1 aliphatic heterocycles. The van der Waals surface area contributed by atoms with Crippen LogP contribution in [0.5, 0.6) is 0 Å². The van der Waals surface area contributed by atoms with Crippen LogP contribution >= 0.6 is 11.3 Å². The minimum absolute atomic E-state index is 0.291. The number of hydrogen-bond acceptors (Lipinski definition) is 7. The lowest BCUT2D eigenvalue weighted by Gasteiger charge is -2.24. The van der Waals surface area contributed by atoms with Gasteiger partial charge in [-0.1, -0.05) is 23.5 Å². The highest BCUT2D eigenvalue weighted by Gasteiger charge is 2.27. The molecule has 3 aromatic heterocycles. The Morgan fingerprint density at radius 1 is 1.30 bits per heavy atom. The number of aryl methyl sites for hydroxylation is 1. The topological polar surface area (TPSA) is 77.7 Å². The van der Waals surface area contributed by atoms with Crippen LogP contribution in [0.25, 0.3) is 0 Å². The minimum atomic E-state index is 0.291. The largest absolute Gasteiger partial charge is 0.316 e. The maximum Gasteiger partial charge on any atom is 0.189 e. The van der Waals surface area contributed by atoms with Gasteiger partial charge in [-0.25, -0.2) is 9.97 Å². The Balaban J connectivity index is 1.52. The predicted octanol–water partition coefficient (Wildman–Crippen LogP) is 4.19. The number of rotatable bonds is 5. The van der Waals surface area contributed by atoms with Gasteiger partial charge in [0.15, 0.2) is 5.13 Å². The maximum absolute atomic E-state index is 8.94. The summed E-state index contributed by atoms with van der Waals surface area (Å²) < 4.78 is 0. The van der Waals surface area contributed by atoms with Gasteiger partial charge >= 0.3 is 0 Å². The maximum atomic E-state index is 8.94. The molecule has 0 radical (unpaired) electrons. The number of nitrogens with one attached hydrogen (secondary N) is 1. The molecule has 0 bridgehead atoms. The standard InChI is InChI=1S/C20H20N6S/c1-14-5-3-9-22-17(14)13-26-10-4-7-18(26)16-6-2-8-19(24-16)25-20-23-12-15(11-21)27-20/h2-3,5-6,8-9,12,18H,4,7,10,13H2,1H3,(H,23,24,25)/t18-/m0/s1. The van der Waals surface area contributed by atoms with Crippen molar-refractivity contribution in [3.63, 3.8) is 0 Å². The Hall–Kier alpha value is -2.82. The van der Waals surface area contributed by atoms with E-state index in [0.29, 0.717) is 16.1 Å². The lowest BCUT2D eigenvalue weighted by atomic mass is 10.1. The van der Waals surface area contributed by atoms with Gasteiger partial charge in [0.05, 0.1) is 23.6 Å². The highest BCUT2D eigenvalue weighted by Crippen LogP contribution is 2.33. The van der Waals surface area contributed by atoms with Crippen molar-refractivity contribution in [1.29, 1.82) is 5.26 Å². The Labute approximate surface area is 162 Å². The second-order valence-electron chi connectivity index (χ2n) is 6.61. The van der Waals surface area contributed by atoms with Crippen molar-refractivity contribution >= 4 is 22.3 Å². The van der Waals surface area contributed by atoms with Gasteiger partial charge < -0.3 is 5.32 Å². The zero-order valence-electron chi connectivity index (χ0n) is 15.1. The Kier molecular flexibility index (Phi) is 5.10. The van der Waals surface area contributed by atoms with Crippen molar-refractivity contribution in [2.24, 2.45) is 0 Å². The molecule has 0 aromatic carbocycles. The van der Waals surface area contributed by atoms with Gasteiger partial charge in [0.2, 0.25) is 0 Å². The van der Waals surface area contributed by atoms with E-state index in [1.807, 2.05) is 24.4 Å². The summed E-state index contributed by atoms with van der Waals surface area (Å²) in [5.74, 6) is 0.757. The van der Waals surface area contributed by atoms with Crippen molar-refractivity contribution in [2.75, 3.05) is 11.9 Å². The van der Waals surface area contributed by atoms with E-state index in [-0.39, 0.29) is 0 Å². The van der Waals surface area contributed by atoms with Gasteiger partial charge in [0.1, 0.15) is 16.8 Å². The predicted molar refractivity (Wildman–Crippen MR) is 106 cm³/mol. The molecule has 0 unspecified atom stereocenters. The third-order valence-corrected chi connectivity index (χ3v) is 5.61. The molecule has 4 rings (SSSR count). The fourth-order valence-corrected chi connectivity index (χ4v) is 4.05. The van der Waals surface area contributed by atoms with Crippen LogP contribution in [0.1, 0.15) is 40.7 Å². The number of nitrogens with zero attached hydrogens (tertiary/aromatic N) is 5. The van der Waals surface area contributed by atoms with Gasteiger partial charge in [-0.15, -0.1) is 0 Å². The summed E-state index contributed by atoms with van der Waals surface area (Å²) in [7, 11) is 0. The molecule has 6 nitrogen and oxygen atoms in total. The van der Waals surface area contributed by atoms with Crippen LogP contribution in [0.2, 0.25) is 0 Å². The average molecular weight is 376 g/mol. The summed E-state index contributed by atoms with van der Waals surface area (Å²) in [4.78, 5) is 16.6. The second-order valence-corrected chi connectivity index (χ2v) is 7.64. The van der Waals surface area contributed by atoms with Crippen LogP contribution in [0.15, 0.2) is 42.7 Å². The molecule has 1 atom stereocenters. The Bertz CT molecular complexity index is 976. The molecular formula is C20H20N6S. The van der Waals surface area contributed by atoms with Crippen LogP contribution in [0, 0.1) is 18.3 Å². The molecule has 1 aliphatic rings. The van der Waals surface area contributed by atoms with E-state index in [0.717, 1.165) is 43.1 Å². The van der Waals surface area contributed by atoms with E-state index >= 15 is 0 Å². The number of pyridine rings is 2. The summed E-state index contributed by atoms with van der Waals surface area (Å²) in [6, 6.07) is 12.5. The molecule has 0 aliphatic carbocycles. The number of anilines is 2. The van der Waals surface area contributed by atoms with Crippen LogP contribution in [-0.4, -0.2) is 26.4 Å². The van der Waals surface area contributed by atoms with E-state index in [1.165, 1.54) is 16.9 Å². The average Bonchev–Trinajstić information content (AvgIpc) is 3.33. The van der Waals surface area contributed by atoms with Crippen LogP contribution in [0.4, 0.5) is 10.9 Å². The molecule has 27 heavy (non-hydrogen) atoms. The smallest absolute Gasteiger partial charge is 0.189 e. The molecule has 1 N–H and O–H groups in total. The van der Waals surface area contributed by atoms with Crippen molar-refractivity contribution in [3.05, 3.63) is 64.6 Å². The second kappa shape index (κ2) is 7.82. The monoisotopic (exact) mass is 376 g/mol. The number of likely N-dealkylation sites (tertiary alicyclic amines) is 1. The Morgan fingerprint density at radius 2 is 2.22 bits per heavy atom. The van der Waals surface area contributed by atoms with E-state index in [1.54, 1.807) is 6.20 Å². The van der Waals surface area contributed by atoms with Gasteiger partial charge in [-0.05, 0) is 50.1 Å². The van der Waals surface area contributed by atoms with E-state index in [2.05, 4.69) is 45.3 Å². The highest BCUT2D eigenvalue weighted by molar-refractivity contribution is 7.16. The van der Waals surface area contributed by atoms with Gasteiger partial charge in [0, 0.05) is 12.7 Å². The first-order valence-corrected chi connectivity index (χ1v) is 9.79. The summed E-state index contributed by atoms with van der Waals surface area (Å²) in [5, 5.41) is 12.8. The van der Waals surface area contributed by atoms with Crippen LogP contribution in [0.3, 0.4) is 0 Å². The van der Waals surface area contributed by atoms with E-state index in [4.69, 9.17) is 10.2 Å². The first kappa shape index (κ1) is 17.6. The number of hydrogen-bond donors (Lipinski definition) is 1. The number of aromatic nitrogens is 3. The molecule has 4 heterocycles. The molecular weight excluding hydrogens is 356 g/mol. The summed E-state index contributed by atoms with van der Waals surface area (Å²) in [6.45, 7) is 4.01. The van der Waals surface area contributed by atoms with Gasteiger partial charge in [0.25, 0.3) is 0 Å².